The Balaban J connectivity index is 1.06. The number of aromatic nitrogens is 4. The maximum Gasteiger partial charge on any atom is 0.261 e. The molecule has 4 aromatic heterocycles. The number of hydrogen-bond donors (Lipinski definition) is 2. The van der Waals surface area contributed by atoms with E-state index in [2.05, 4.69) is 25.7 Å². The lowest BCUT2D eigenvalue weighted by molar-refractivity contribution is 0.0936. The van der Waals surface area contributed by atoms with Crippen LogP contribution in [0.2, 0.25) is 0 Å². The largest absolute Gasteiger partial charge is 0.350 e. The number of thiophene rings is 1. The van der Waals surface area contributed by atoms with Crippen molar-refractivity contribution in [1.82, 2.24) is 29.6 Å². The molecule has 0 bridgehead atoms. The van der Waals surface area contributed by atoms with Crippen LogP contribution in [0.1, 0.15) is 58.6 Å². The van der Waals surface area contributed by atoms with Crippen LogP contribution >= 0.6 is 22.7 Å². The van der Waals surface area contributed by atoms with E-state index < -0.39 is 0 Å². The second-order valence-corrected chi connectivity index (χ2v) is 11.8. The number of nitrogens with one attached hydrogen (secondary N) is 2. The number of aryl methyl sites for hydroxylation is 1. The van der Waals surface area contributed by atoms with E-state index in [1.54, 1.807) is 33.7 Å². The van der Waals surface area contributed by atoms with Crippen molar-refractivity contribution in [3.8, 4) is 10.4 Å². The molecule has 11 heteroatoms. The van der Waals surface area contributed by atoms with Crippen molar-refractivity contribution >= 4 is 44.3 Å². The molecule has 6 rings (SSSR count). The molecule has 188 valence electrons. The summed E-state index contributed by atoms with van der Waals surface area (Å²) in [6.45, 7) is 2.69. The van der Waals surface area contributed by atoms with Crippen LogP contribution in [-0.2, 0) is 7.05 Å². The highest BCUT2D eigenvalue weighted by Gasteiger charge is 2.42. The molecule has 1 saturated carbocycles. The van der Waals surface area contributed by atoms with Crippen LogP contribution in [0.15, 0.2) is 36.9 Å². The van der Waals surface area contributed by atoms with Gasteiger partial charge in [-0.3, -0.25) is 19.2 Å². The van der Waals surface area contributed by atoms with Gasteiger partial charge in [-0.05, 0) is 44.4 Å². The average molecular weight is 524 g/mol. The van der Waals surface area contributed by atoms with Gasteiger partial charge in [-0.25, -0.2) is 4.52 Å². The summed E-state index contributed by atoms with van der Waals surface area (Å²) in [7, 11) is 1.87. The quantitative estimate of drug-likeness (QED) is 0.378. The van der Waals surface area contributed by atoms with E-state index in [1.165, 1.54) is 61.2 Å². The zero-order chi connectivity index (χ0) is 24.7. The Morgan fingerprint density at radius 1 is 1.03 bits per heavy atom. The van der Waals surface area contributed by atoms with Gasteiger partial charge >= 0.3 is 0 Å². The van der Waals surface area contributed by atoms with Crippen molar-refractivity contribution < 1.29 is 9.59 Å². The minimum Gasteiger partial charge on any atom is -0.350 e. The second-order valence-electron chi connectivity index (χ2n) is 9.70. The molecule has 0 unspecified atom stereocenters. The van der Waals surface area contributed by atoms with Crippen LogP contribution in [0.4, 0.5) is 5.00 Å². The number of thiazole rings is 1. The van der Waals surface area contributed by atoms with E-state index in [9.17, 15) is 9.59 Å². The predicted molar refractivity (Wildman–Crippen MR) is 142 cm³/mol. The number of carbonyl (C=O) groups excluding carboxylic acids is 2. The molecule has 4 aromatic rings. The molecule has 1 saturated heterocycles. The predicted octanol–water partition coefficient (Wildman–Crippen LogP) is 4.25. The van der Waals surface area contributed by atoms with Crippen molar-refractivity contribution in [3.63, 3.8) is 0 Å². The summed E-state index contributed by atoms with van der Waals surface area (Å²) in [6, 6.07) is 3.55. The fourth-order valence-electron chi connectivity index (χ4n) is 5.66. The second kappa shape index (κ2) is 9.45. The van der Waals surface area contributed by atoms with Crippen LogP contribution in [0.5, 0.6) is 0 Å². The first-order valence-electron chi connectivity index (χ1n) is 12.4. The smallest absolute Gasteiger partial charge is 0.261 e. The fourth-order valence-corrected chi connectivity index (χ4v) is 7.51. The third-order valence-electron chi connectivity index (χ3n) is 7.44. The number of carbonyl (C=O) groups is 2. The molecule has 9 nitrogen and oxygen atoms in total. The standard InChI is InChI=1S/C25H29N7O2S2/c1-30-15-17(13-27-30)20-16-32-24(36-20)18(14-28-32)22(33)29-21-6-5-19(35-21)23(34)26-10-12-31-11-4-9-25(31)7-2-3-8-25/h5-6,13-16H,2-4,7-12H2,1H3,(H,26,34)(H,29,33). The summed E-state index contributed by atoms with van der Waals surface area (Å²) in [4.78, 5) is 30.7. The number of anilines is 1. The van der Waals surface area contributed by atoms with Gasteiger partial charge in [0.15, 0.2) is 0 Å². The number of amides is 2. The van der Waals surface area contributed by atoms with Crippen molar-refractivity contribution in [2.45, 2.75) is 44.1 Å². The SMILES string of the molecule is Cn1cc(-c2cn3ncc(C(=O)Nc4ccc(C(=O)NCCN5CCCC56CCCC6)s4)c3s2)cn1. The molecule has 0 radical (unpaired) electrons. The number of nitrogens with zero attached hydrogens (tertiary/aromatic N) is 5. The Bertz CT molecular complexity index is 1400. The summed E-state index contributed by atoms with van der Waals surface area (Å²) >= 11 is 2.78. The van der Waals surface area contributed by atoms with Crippen molar-refractivity contribution in [3.05, 3.63) is 47.4 Å². The molecular weight excluding hydrogens is 494 g/mol. The molecule has 0 aromatic carbocycles. The summed E-state index contributed by atoms with van der Waals surface area (Å²) in [6.07, 6.45) is 15.0. The zero-order valence-electron chi connectivity index (χ0n) is 20.2. The average Bonchev–Trinajstić information content (AvgIpc) is 3.68. The Morgan fingerprint density at radius 3 is 2.67 bits per heavy atom. The van der Waals surface area contributed by atoms with Crippen LogP contribution in [-0.4, -0.2) is 61.3 Å². The summed E-state index contributed by atoms with van der Waals surface area (Å²) in [5.41, 5.74) is 1.88. The van der Waals surface area contributed by atoms with E-state index in [0.29, 0.717) is 27.5 Å². The van der Waals surface area contributed by atoms with Gasteiger partial charge in [-0.15, -0.1) is 22.7 Å². The van der Waals surface area contributed by atoms with Gasteiger partial charge in [0.1, 0.15) is 4.83 Å². The molecule has 2 N–H and O–H groups in total. The Kier molecular flexibility index (Phi) is 6.14. The van der Waals surface area contributed by atoms with Crippen molar-refractivity contribution in [2.24, 2.45) is 7.05 Å². The lowest BCUT2D eigenvalue weighted by Crippen LogP contribution is -2.45. The molecule has 2 amide bonds. The maximum atomic E-state index is 13.0. The highest BCUT2D eigenvalue weighted by Crippen LogP contribution is 2.42. The van der Waals surface area contributed by atoms with Crippen LogP contribution < -0.4 is 10.6 Å². The molecule has 1 spiro atoms. The summed E-state index contributed by atoms with van der Waals surface area (Å²) in [5.74, 6) is -0.332. The molecule has 1 aliphatic heterocycles. The minimum absolute atomic E-state index is 0.0903. The summed E-state index contributed by atoms with van der Waals surface area (Å²) < 4.78 is 3.46. The molecule has 1 aliphatic carbocycles. The first-order valence-corrected chi connectivity index (χ1v) is 14.0. The maximum absolute atomic E-state index is 13.0. The number of hydrogen-bond acceptors (Lipinski definition) is 7. The highest BCUT2D eigenvalue weighted by atomic mass is 32.1. The lowest BCUT2D eigenvalue weighted by Gasteiger charge is -2.35. The molecule has 36 heavy (non-hydrogen) atoms. The first-order chi connectivity index (χ1) is 17.5. The monoisotopic (exact) mass is 523 g/mol. The van der Waals surface area contributed by atoms with E-state index >= 15 is 0 Å². The van der Waals surface area contributed by atoms with Crippen LogP contribution in [0, 0.1) is 0 Å². The van der Waals surface area contributed by atoms with Gasteiger partial charge in [0.05, 0.1) is 32.7 Å². The molecule has 5 heterocycles. The Morgan fingerprint density at radius 2 is 1.86 bits per heavy atom. The molecule has 2 aliphatic rings. The zero-order valence-corrected chi connectivity index (χ0v) is 21.8. The Hall–Kier alpha value is -3.02. The van der Waals surface area contributed by atoms with Crippen LogP contribution in [0.3, 0.4) is 0 Å². The van der Waals surface area contributed by atoms with E-state index in [4.69, 9.17) is 0 Å². The van der Waals surface area contributed by atoms with Gasteiger partial charge < -0.3 is 10.6 Å². The van der Waals surface area contributed by atoms with Gasteiger partial charge in [0.25, 0.3) is 11.8 Å². The van der Waals surface area contributed by atoms with Crippen LogP contribution in [0.25, 0.3) is 15.3 Å². The Labute approximate surface area is 217 Å². The third-order valence-corrected chi connectivity index (χ3v) is 9.60. The minimum atomic E-state index is -0.241. The highest BCUT2D eigenvalue weighted by molar-refractivity contribution is 7.21. The number of fused-ring (bicyclic) bond motifs is 1. The van der Waals surface area contributed by atoms with Gasteiger partial charge in [0, 0.05) is 43.6 Å². The van der Waals surface area contributed by atoms with Gasteiger partial charge in [-0.1, -0.05) is 12.8 Å². The molecular formula is C25H29N7O2S2. The lowest BCUT2D eigenvalue weighted by atomic mass is 9.94. The van der Waals surface area contributed by atoms with Gasteiger partial charge in [0.2, 0.25) is 0 Å². The number of rotatable bonds is 7. The fraction of sp³-hybridized carbons (Fsp3) is 0.440. The van der Waals surface area contributed by atoms with E-state index in [0.717, 1.165) is 28.4 Å². The van der Waals surface area contributed by atoms with Gasteiger partial charge in [-0.2, -0.15) is 10.2 Å². The van der Waals surface area contributed by atoms with Crippen molar-refractivity contribution in [1.29, 1.82) is 0 Å². The van der Waals surface area contributed by atoms with E-state index in [-0.39, 0.29) is 11.8 Å². The van der Waals surface area contributed by atoms with E-state index in [1.807, 2.05) is 19.4 Å². The molecule has 2 fully saturated rings. The normalized spacial score (nSPS) is 17.4. The van der Waals surface area contributed by atoms with Crippen molar-refractivity contribution in [2.75, 3.05) is 25.0 Å². The topological polar surface area (TPSA) is 96.6 Å². The first kappa shape index (κ1) is 23.4. The molecule has 0 atom stereocenters. The number of likely N-dealkylation sites (tertiary alicyclic amines) is 1. The third kappa shape index (κ3) is 4.35. The summed E-state index contributed by atoms with van der Waals surface area (Å²) in [5, 5.41) is 15.2.